The molecule has 4 heteroatoms. The molecule has 1 aliphatic carbocycles. The molecule has 11 heavy (non-hydrogen) atoms. The maximum atomic E-state index is 11.0. The number of hydrogen-bond acceptors (Lipinski definition) is 3. The van der Waals surface area contributed by atoms with Crippen LogP contribution in [0.4, 0.5) is 0 Å². The van der Waals surface area contributed by atoms with E-state index in [0.29, 0.717) is 0 Å². The lowest BCUT2D eigenvalue weighted by molar-refractivity contribution is -0.120. The van der Waals surface area contributed by atoms with E-state index >= 15 is 0 Å². The Morgan fingerprint density at radius 1 is 1.73 bits per heavy atom. The molecule has 1 saturated carbocycles. The van der Waals surface area contributed by atoms with Crippen molar-refractivity contribution in [2.45, 2.75) is 18.3 Å². The number of carbonyl (C=O) groups excluding carboxylic acids is 1. The van der Waals surface area contributed by atoms with Crippen LogP contribution < -0.4 is 5.73 Å². The molecule has 1 aromatic rings. The molecule has 0 unspecified atom stereocenters. The fourth-order valence-electron chi connectivity index (χ4n) is 1.20. The van der Waals surface area contributed by atoms with Gasteiger partial charge in [0, 0.05) is 5.38 Å². The van der Waals surface area contributed by atoms with E-state index in [-0.39, 0.29) is 11.3 Å². The Balaban J connectivity index is 2.36. The quantitative estimate of drug-likeness (QED) is 0.705. The molecule has 0 aromatic carbocycles. The van der Waals surface area contributed by atoms with Crippen molar-refractivity contribution in [1.29, 1.82) is 0 Å². The fraction of sp³-hybridized carbons (Fsp3) is 0.429. The van der Waals surface area contributed by atoms with Crippen molar-refractivity contribution in [3.05, 3.63) is 16.6 Å². The Hall–Kier alpha value is -0.900. The van der Waals surface area contributed by atoms with Gasteiger partial charge in [-0.15, -0.1) is 11.3 Å². The van der Waals surface area contributed by atoms with Crippen LogP contribution in [0.2, 0.25) is 0 Å². The van der Waals surface area contributed by atoms with Gasteiger partial charge in [-0.05, 0) is 12.8 Å². The van der Waals surface area contributed by atoms with E-state index in [9.17, 15) is 4.79 Å². The standard InChI is InChI=1S/C7H8N2OS/c8-6(10)7(1-2-7)5-3-11-4-9-5/h3-4H,1-2H2,(H2,8,10). The smallest absolute Gasteiger partial charge is 0.229 e. The van der Waals surface area contributed by atoms with E-state index in [1.807, 2.05) is 5.38 Å². The van der Waals surface area contributed by atoms with Gasteiger partial charge < -0.3 is 5.73 Å². The van der Waals surface area contributed by atoms with Gasteiger partial charge in [0.1, 0.15) is 0 Å². The lowest BCUT2D eigenvalue weighted by Crippen LogP contribution is -2.28. The zero-order valence-electron chi connectivity index (χ0n) is 5.91. The zero-order valence-corrected chi connectivity index (χ0v) is 6.73. The highest BCUT2D eigenvalue weighted by Crippen LogP contribution is 2.47. The number of nitrogens with two attached hydrogens (primary N) is 1. The number of amides is 1. The predicted octanol–water partition coefficient (Wildman–Crippen LogP) is 0.660. The molecule has 0 spiro atoms. The Morgan fingerprint density at radius 3 is 2.82 bits per heavy atom. The third-order valence-electron chi connectivity index (χ3n) is 2.14. The van der Waals surface area contributed by atoms with Crippen molar-refractivity contribution in [2.24, 2.45) is 5.73 Å². The molecule has 2 rings (SSSR count). The molecule has 0 radical (unpaired) electrons. The predicted molar refractivity (Wildman–Crippen MR) is 42.2 cm³/mol. The number of nitrogens with zero attached hydrogens (tertiary/aromatic N) is 1. The fourth-order valence-corrected chi connectivity index (χ4v) is 1.85. The van der Waals surface area contributed by atoms with Crippen LogP contribution in [0.3, 0.4) is 0 Å². The lowest BCUT2D eigenvalue weighted by atomic mass is 10.0. The van der Waals surface area contributed by atoms with E-state index in [2.05, 4.69) is 4.98 Å². The summed E-state index contributed by atoms with van der Waals surface area (Å²) in [6.07, 6.45) is 1.73. The van der Waals surface area contributed by atoms with E-state index in [0.717, 1.165) is 18.5 Å². The minimum absolute atomic E-state index is 0.233. The average molecular weight is 168 g/mol. The summed E-state index contributed by atoms with van der Waals surface area (Å²) in [6, 6.07) is 0. The van der Waals surface area contributed by atoms with Gasteiger partial charge in [-0.3, -0.25) is 4.79 Å². The maximum absolute atomic E-state index is 11.0. The highest BCUT2D eigenvalue weighted by atomic mass is 32.1. The van der Waals surface area contributed by atoms with Crippen molar-refractivity contribution in [3.8, 4) is 0 Å². The molecule has 1 fully saturated rings. The second-order valence-corrected chi connectivity index (χ2v) is 3.54. The van der Waals surface area contributed by atoms with Crippen molar-refractivity contribution < 1.29 is 4.79 Å². The van der Waals surface area contributed by atoms with Gasteiger partial charge in [-0.1, -0.05) is 0 Å². The summed E-state index contributed by atoms with van der Waals surface area (Å²) in [6.45, 7) is 0. The molecular formula is C7H8N2OS. The first-order chi connectivity index (χ1) is 5.26. The van der Waals surface area contributed by atoms with Gasteiger partial charge in [0.15, 0.2) is 0 Å². The van der Waals surface area contributed by atoms with Crippen molar-refractivity contribution in [3.63, 3.8) is 0 Å². The monoisotopic (exact) mass is 168 g/mol. The van der Waals surface area contributed by atoms with E-state index in [4.69, 9.17) is 5.73 Å². The number of aromatic nitrogens is 1. The third kappa shape index (κ3) is 0.860. The summed E-state index contributed by atoms with van der Waals surface area (Å²) in [5.41, 5.74) is 7.45. The maximum Gasteiger partial charge on any atom is 0.229 e. The summed E-state index contributed by atoms with van der Waals surface area (Å²) in [4.78, 5) is 15.1. The molecule has 0 aliphatic heterocycles. The number of thiazole rings is 1. The van der Waals surface area contributed by atoms with Crippen LogP contribution in [0.1, 0.15) is 18.5 Å². The molecule has 3 nitrogen and oxygen atoms in total. The molecule has 0 saturated heterocycles. The van der Waals surface area contributed by atoms with Crippen LogP contribution >= 0.6 is 11.3 Å². The summed E-state index contributed by atoms with van der Waals surface area (Å²) in [7, 11) is 0. The molecule has 0 atom stereocenters. The van der Waals surface area contributed by atoms with Gasteiger partial charge in [-0.25, -0.2) is 4.98 Å². The Kier molecular flexibility index (Phi) is 1.26. The molecule has 2 N–H and O–H groups in total. The second-order valence-electron chi connectivity index (χ2n) is 2.82. The number of hydrogen-bond donors (Lipinski definition) is 1. The molecule has 1 amide bonds. The van der Waals surface area contributed by atoms with Crippen LogP contribution in [0.25, 0.3) is 0 Å². The number of primary amides is 1. The summed E-state index contributed by atoms with van der Waals surface area (Å²) in [5, 5.41) is 1.90. The topological polar surface area (TPSA) is 56.0 Å². The van der Waals surface area contributed by atoms with Crippen LogP contribution in [-0.2, 0) is 10.2 Å². The second kappa shape index (κ2) is 2.04. The average Bonchev–Trinajstić information content (AvgIpc) is 2.61. The van der Waals surface area contributed by atoms with Crippen molar-refractivity contribution >= 4 is 17.2 Å². The number of carbonyl (C=O) groups is 1. The highest BCUT2D eigenvalue weighted by molar-refractivity contribution is 7.07. The van der Waals surface area contributed by atoms with Crippen LogP contribution in [-0.4, -0.2) is 10.9 Å². The van der Waals surface area contributed by atoms with Crippen LogP contribution in [0.15, 0.2) is 10.9 Å². The van der Waals surface area contributed by atoms with Gasteiger partial charge in [0.2, 0.25) is 5.91 Å². The zero-order chi connectivity index (χ0) is 7.90. The first-order valence-electron chi connectivity index (χ1n) is 3.44. The third-order valence-corrected chi connectivity index (χ3v) is 2.73. The minimum atomic E-state index is -0.389. The molecule has 58 valence electrons. The summed E-state index contributed by atoms with van der Waals surface area (Å²) < 4.78 is 0. The van der Waals surface area contributed by atoms with Crippen molar-refractivity contribution in [2.75, 3.05) is 0 Å². The Morgan fingerprint density at radius 2 is 2.45 bits per heavy atom. The van der Waals surface area contributed by atoms with Crippen LogP contribution in [0.5, 0.6) is 0 Å². The molecule has 1 aliphatic rings. The summed E-state index contributed by atoms with van der Waals surface area (Å²) in [5.74, 6) is -0.233. The minimum Gasteiger partial charge on any atom is -0.369 e. The SMILES string of the molecule is NC(=O)C1(c2cscn2)CC1. The lowest BCUT2D eigenvalue weighted by Gasteiger charge is -2.04. The molecule has 1 aromatic heterocycles. The van der Waals surface area contributed by atoms with Gasteiger partial charge >= 0.3 is 0 Å². The van der Waals surface area contributed by atoms with E-state index < -0.39 is 0 Å². The first-order valence-corrected chi connectivity index (χ1v) is 4.38. The van der Waals surface area contributed by atoms with Crippen molar-refractivity contribution in [1.82, 2.24) is 4.98 Å². The largest absolute Gasteiger partial charge is 0.369 e. The Labute approximate surface area is 68.2 Å². The van der Waals surface area contributed by atoms with Gasteiger partial charge in [-0.2, -0.15) is 0 Å². The van der Waals surface area contributed by atoms with E-state index in [1.54, 1.807) is 5.51 Å². The normalized spacial score (nSPS) is 19.6. The summed E-state index contributed by atoms with van der Waals surface area (Å²) >= 11 is 1.50. The first kappa shape index (κ1) is 6.79. The van der Waals surface area contributed by atoms with E-state index in [1.165, 1.54) is 11.3 Å². The number of rotatable bonds is 2. The molecule has 1 heterocycles. The van der Waals surface area contributed by atoms with Gasteiger partial charge in [0.05, 0.1) is 16.6 Å². The van der Waals surface area contributed by atoms with Gasteiger partial charge in [0.25, 0.3) is 0 Å². The Bertz CT molecular complexity index is 277. The van der Waals surface area contributed by atoms with Crippen LogP contribution in [0, 0.1) is 0 Å². The molecular weight excluding hydrogens is 160 g/mol. The molecule has 0 bridgehead atoms. The highest BCUT2D eigenvalue weighted by Gasteiger charge is 2.51.